The number of halogens is 1. The van der Waals surface area contributed by atoms with Gasteiger partial charge in [0, 0.05) is 11.5 Å². The molecule has 0 aromatic heterocycles. The number of amides is 1. The third kappa shape index (κ3) is 5.67. The Kier molecular flexibility index (Phi) is 7.38. The second-order valence-corrected chi connectivity index (χ2v) is 6.23. The van der Waals surface area contributed by atoms with Crippen LogP contribution in [-0.4, -0.2) is 43.6 Å². The lowest BCUT2D eigenvalue weighted by Gasteiger charge is -2.19. The van der Waals surface area contributed by atoms with Crippen molar-refractivity contribution in [3.63, 3.8) is 0 Å². The molecular weight excluding hydrogens is 350 g/mol. The summed E-state index contributed by atoms with van der Waals surface area (Å²) in [4.78, 5) is 25.3. The van der Waals surface area contributed by atoms with Crippen molar-refractivity contribution in [1.82, 2.24) is 4.90 Å². The van der Waals surface area contributed by atoms with Crippen LogP contribution in [0.3, 0.4) is 0 Å². The molecule has 6 heteroatoms. The second kappa shape index (κ2) is 8.78. The molecule has 0 saturated carbocycles. The minimum Gasteiger partial charge on any atom is -0.492 e. The topological polar surface area (TPSA) is 55.8 Å². The molecule has 1 rings (SSSR count). The molecule has 0 aliphatic carbocycles. The first-order chi connectivity index (χ1) is 10.3. The summed E-state index contributed by atoms with van der Waals surface area (Å²) in [5, 5.41) is 0. The van der Waals surface area contributed by atoms with Gasteiger partial charge in [0.1, 0.15) is 12.3 Å². The highest BCUT2D eigenvalue weighted by Crippen LogP contribution is 2.25. The van der Waals surface area contributed by atoms with E-state index in [1.807, 2.05) is 19.9 Å². The number of hydrogen-bond donors (Lipinski definition) is 0. The molecule has 0 N–H and O–H groups in total. The molecule has 1 amide bonds. The lowest BCUT2D eigenvalue weighted by Crippen LogP contribution is -2.33. The quantitative estimate of drug-likeness (QED) is 0.691. The van der Waals surface area contributed by atoms with Crippen molar-refractivity contribution in [2.45, 2.75) is 20.8 Å². The molecule has 22 heavy (non-hydrogen) atoms. The molecule has 1 aromatic carbocycles. The van der Waals surface area contributed by atoms with Crippen molar-refractivity contribution in [2.75, 3.05) is 26.8 Å². The van der Waals surface area contributed by atoms with Gasteiger partial charge in [-0.15, -0.1) is 0 Å². The van der Waals surface area contributed by atoms with Crippen molar-refractivity contribution in [1.29, 1.82) is 0 Å². The summed E-state index contributed by atoms with van der Waals surface area (Å²) < 4.78 is 11.3. The predicted molar refractivity (Wildman–Crippen MR) is 88.1 cm³/mol. The molecule has 0 unspecified atom stereocenters. The average molecular weight is 372 g/mol. The molecule has 5 nitrogen and oxygen atoms in total. The van der Waals surface area contributed by atoms with Gasteiger partial charge in [0.25, 0.3) is 5.91 Å². The fraction of sp³-hybridized carbons (Fsp3) is 0.500. The maximum Gasteiger partial charge on any atom is 0.325 e. The van der Waals surface area contributed by atoms with Crippen LogP contribution < -0.4 is 4.74 Å². The summed E-state index contributed by atoms with van der Waals surface area (Å²) in [7, 11) is 1.56. The number of esters is 1. The molecule has 0 heterocycles. The van der Waals surface area contributed by atoms with Gasteiger partial charge in [0.2, 0.25) is 0 Å². The summed E-state index contributed by atoms with van der Waals surface area (Å²) in [5.74, 6) is 0.146. The van der Waals surface area contributed by atoms with Gasteiger partial charge in [0.05, 0.1) is 18.8 Å². The zero-order chi connectivity index (χ0) is 16.7. The first-order valence-corrected chi connectivity index (χ1v) is 7.97. The first-order valence-electron chi connectivity index (χ1n) is 7.18. The van der Waals surface area contributed by atoms with E-state index in [-0.39, 0.29) is 12.5 Å². The standard InChI is InChI=1S/C16H22BrNO4/c1-5-21-15(19)9-18(4)16(20)13-8-12(17)6-7-14(13)22-10-11(2)3/h6-8,11H,5,9-10H2,1-4H3. The van der Waals surface area contributed by atoms with E-state index >= 15 is 0 Å². The van der Waals surface area contributed by atoms with Crippen LogP contribution in [0.1, 0.15) is 31.1 Å². The highest BCUT2D eigenvalue weighted by molar-refractivity contribution is 9.10. The van der Waals surface area contributed by atoms with Crippen molar-refractivity contribution in [3.8, 4) is 5.75 Å². The van der Waals surface area contributed by atoms with Gasteiger partial charge in [-0.3, -0.25) is 9.59 Å². The Balaban J connectivity index is 2.90. The van der Waals surface area contributed by atoms with Crippen LogP contribution in [0.5, 0.6) is 5.75 Å². The van der Waals surface area contributed by atoms with Gasteiger partial charge in [-0.05, 0) is 31.0 Å². The van der Waals surface area contributed by atoms with Gasteiger partial charge in [-0.25, -0.2) is 0 Å². The van der Waals surface area contributed by atoms with Crippen molar-refractivity contribution in [2.24, 2.45) is 5.92 Å². The van der Waals surface area contributed by atoms with E-state index in [1.54, 1.807) is 26.1 Å². The molecule has 0 spiro atoms. The summed E-state index contributed by atoms with van der Waals surface area (Å²) in [6.07, 6.45) is 0. The Labute approximate surface area is 139 Å². The lowest BCUT2D eigenvalue weighted by molar-refractivity contribution is -0.143. The molecule has 0 saturated heterocycles. The predicted octanol–water partition coefficient (Wildman–Crippen LogP) is 3.12. The lowest BCUT2D eigenvalue weighted by atomic mass is 10.1. The number of rotatable bonds is 7. The van der Waals surface area contributed by atoms with Gasteiger partial charge in [0.15, 0.2) is 0 Å². The normalized spacial score (nSPS) is 10.5. The van der Waals surface area contributed by atoms with Crippen LogP contribution in [0, 0.1) is 5.92 Å². The molecule has 0 radical (unpaired) electrons. The fourth-order valence-electron chi connectivity index (χ4n) is 1.73. The van der Waals surface area contributed by atoms with E-state index in [4.69, 9.17) is 9.47 Å². The van der Waals surface area contributed by atoms with Crippen LogP contribution in [0.25, 0.3) is 0 Å². The number of carbonyl (C=O) groups is 2. The smallest absolute Gasteiger partial charge is 0.325 e. The van der Waals surface area contributed by atoms with Gasteiger partial charge < -0.3 is 14.4 Å². The van der Waals surface area contributed by atoms with E-state index in [1.165, 1.54) is 4.90 Å². The molecule has 0 fully saturated rings. The van der Waals surface area contributed by atoms with Gasteiger partial charge in [-0.1, -0.05) is 29.8 Å². The minimum absolute atomic E-state index is 0.0944. The van der Waals surface area contributed by atoms with Crippen LogP contribution in [0.4, 0.5) is 0 Å². The minimum atomic E-state index is -0.432. The zero-order valence-electron chi connectivity index (χ0n) is 13.4. The number of likely N-dealkylation sites (N-methyl/N-ethyl adjacent to an activating group) is 1. The van der Waals surface area contributed by atoms with Crippen molar-refractivity contribution >= 4 is 27.8 Å². The molecule has 122 valence electrons. The molecular formula is C16H22BrNO4. The van der Waals surface area contributed by atoms with Crippen molar-refractivity contribution in [3.05, 3.63) is 28.2 Å². The SMILES string of the molecule is CCOC(=O)CN(C)C(=O)c1cc(Br)ccc1OCC(C)C. The summed E-state index contributed by atoms with van der Waals surface area (Å²) in [5.41, 5.74) is 0.418. The van der Waals surface area contributed by atoms with E-state index in [0.717, 1.165) is 4.47 Å². The molecule has 0 atom stereocenters. The third-order valence-electron chi connectivity index (χ3n) is 2.76. The maximum absolute atomic E-state index is 12.5. The van der Waals surface area contributed by atoms with Gasteiger partial charge in [-0.2, -0.15) is 0 Å². The van der Waals surface area contributed by atoms with E-state index in [2.05, 4.69) is 15.9 Å². The number of carbonyl (C=O) groups excluding carboxylic acids is 2. The highest BCUT2D eigenvalue weighted by atomic mass is 79.9. The molecule has 0 aliphatic rings. The monoisotopic (exact) mass is 371 g/mol. The van der Waals surface area contributed by atoms with Crippen molar-refractivity contribution < 1.29 is 19.1 Å². The van der Waals surface area contributed by atoms with Crippen LogP contribution in [-0.2, 0) is 9.53 Å². The Morgan fingerprint density at radius 1 is 1.32 bits per heavy atom. The molecule has 0 bridgehead atoms. The Morgan fingerprint density at radius 2 is 2.00 bits per heavy atom. The number of benzene rings is 1. The van der Waals surface area contributed by atoms with Crippen LogP contribution >= 0.6 is 15.9 Å². The van der Waals surface area contributed by atoms with Crippen LogP contribution in [0.2, 0.25) is 0 Å². The summed E-state index contributed by atoms with van der Waals surface area (Å²) in [6, 6.07) is 5.26. The van der Waals surface area contributed by atoms with E-state index in [0.29, 0.717) is 30.4 Å². The summed E-state index contributed by atoms with van der Waals surface area (Å²) in [6.45, 7) is 6.51. The zero-order valence-corrected chi connectivity index (χ0v) is 15.0. The Hall–Kier alpha value is -1.56. The highest BCUT2D eigenvalue weighted by Gasteiger charge is 2.20. The van der Waals surface area contributed by atoms with Crippen LogP contribution in [0.15, 0.2) is 22.7 Å². The number of ether oxygens (including phenoxy) is 2. The Bertz CT molecular complexity index is 531. The van der Waals surface area contributed by atoms with E-state index < -0.39 is 5.97 Å². The summed E-state index contributed by atoms with van der Waals surface area (Å²) >= 11 is 3.35. The maximum atomic E-state index is 12.5. The molecule has 1 aromatic rings. The fourth-order valence-corrected chi connectivity index (χ4v) is 2.09. The molecule has 0 aliphatic heterocycles. The van der Waals surface area contributed by atoms with E-state index in [9.17, 15) is 9.59 Å². The third-order valence-corrected chi connectivity index (χ3v) is 3.26. The second-order valence-electron chi connectivity index (χ2n) is 5.31. The largest absolute Gasteiger partial charge is 0.492 e. The van der Waals surface area contributed by atoms with Gasteiger partial charge >= 0.3 is 5.97 Å². The number of hydrogen-bond acceptors (Lipinski definition) is 4. The average Bonchev–Trinajstić information content (AvgIpc) is 2.45. The number of nitrogens with zero attached hydrogens (tertiary/aromatic N) is 1. The Morgan fingerprint density at radius 3 is 2.59 bits per heavy atom. The first kappa shape index (κ1) is 18.5.